The minimum absolute atomic E-state index is 0.248. The third kappa shape index (κ3) is 2.81. The number of hydrogen-bond acceptors (Lipinski definition) is 4. The van der Waals surface area contributed by atoms with Crippen molar-refractivity contribution in [2.75, 3.05) is 6.73 Å². The van der Waals surface area contributed by atoms with E-state index in [1.54, 1.807) is 19.1 Å². The van der Waals surface area contributed by atoms with Crippen molar-refractivity contribution in [3.05, 3.63) is 74.9 Å². The first-order chi connectivity index (χ1) is 12.0. The van der Waals surface area contributed by atoms with Gasteiger partial charge in [0, 0.05) is 24.0 Å². The van der Waals surface area contributed by atoms with Crippen LogP contribution in [0.5, 0.6) is 5.75 Å². The molecule has 0 amide bonds. The number of benzene rings is 2. The van der Waals surface area contributed by atoms with Gasteiger partial charge in [0.15, 0.2) is 0 Å². The first-order valence-electron chi connectivity index (χ1n) is 8.18. The Kier molecular flexibility index (Phi) is 3.81. The van der Waals surface area contributed by atoms with E-state index in [2.05, 4.69) is 4.90 Å². The van der Waals surface area contributed by atoms with Gasteiger partial charge in [-0.05, 0) is 49.2 Å². The summed E-state index contributed by atoms with van der Waals surface area (Å²) in [6.07, 6.45) is 0. The molecule has 4 rings (SSSR count). The topological polar surface area (TPSA) is 42.7 Å². The van der Waals surface area contributed by atoms with E-state index in [0.717, 1.165) is 27.8 Å². The normalized spacial score (nSPS) is 14.4. The molecule has 2 aromatic carbocycles. The standard InChI is InChI=1S/C20H18FNO3/c1-12-13(2)20(23)25-19-16(12)7-8-18-17(19)10-22(11-24-18)9-14-3-5-15(21)6-4-14/h3-8H,9-11H2,1-2H3. The van der Waals surface area contributed by atoms with Crippen LogP contribution >= 0.6 is 0 Å². The van der Waals surface area contributed by atoms with Gasteiger partial charge in [-0.3, -0.25) is 4.90 Å². The van der Waals surface area contributed by atoms with Gasteiger partial charge >= 0.3 is 5.63 Å². The molecule has 4 nitrogen and oxygen atoms in total. The maximum absolute atomic E-state index is 13.1. The lowest BCUT2D eigenvalue weighted by atomic mass is 10.0. The second kappa shape index (κ2) is 6.01. The van der Waals surface area contributed by atoms with Crippen LogP contribution in [0.25, 0.3) is 11.0 Å². The molecule has 0 saturated carbocycles. The largest absolute Gasteiger partial charge is 0.478 e. The number of halogens is 1. The Morgan fingerprint density at radius 3 is 2.60 bits per heavy atom. The van der Waals surface area contributed by atoms with Crippen LogP contribution in [0.15, 0.2) is 45.6 Å². The van der Waals surface area contributed by atoms with Gasteiger partial charge in [-0.25, -0.2) is 9.18 Å². The summed E-state index contributed by atoms with van der Waals surface area (Å²) in [5.74, 6) is 0.497. The van der Waals surface area contributed by atoms with Crippen molar-refractivity contribution in [1.29, 1.82) is 0 Å². The molecule has 0 aliphatic carbocycles. The van der Waals surface area contributed by atoms with E-state index in [-0.39, 0.29) is 11.4 Å². The Bertz CT molecular complexity index is 1010. The summed E-state index contributed by atoms with van der Waals surface area (Å²) in [6, 6.07) is 10.3. The van der Waals surface area contributed by atoms with Crippen LogP contribution in [0.1, 0.15) is 22.3 Å². The van der Waals surface area contributed by atoms with Crippen LogP contribution in [0.4, 0.5) is 4.39 Å². The van der Waals surface area contributed by atoms with Gasteiger partial charge in [0.05, 0.1) is 5.56 Å². The average Bonchev–Trinajstić information content (AvgIpc) is 2.62. The maximum atomic E-state index is 13.1. The summed E-state index contributed by atoms with van der Waals surface area (Å²) < 4.78 is 24.5. The molecule has 0 bridgehead atoms. The Balaban J connectivity index is 1.72. The summed E-state index contributed by atoms with van der Waals surface area (Å²) in [6.45, 7) is 5.38. The van der Waals surface area contributed by atoms with Crippen LogP contribution in [0.2, 0.25) is 0 Å². The van der Waals surface area contributed by atoms with Crippen molar-refractivity contribution < 1.29 is 13.5 Å². The molecule has 128 valence electrons. The first kappa shape index (κ1) is 15.8. The lowest BCUT2D eigenvalue weighted by Crippen LogP contribution is -2.31. The summed E-state index contributed by atoms with van der Waals surface area (Å²) in [4.78, 5) is 14.2. The highest BCUT2D eigenvalue weighted by Gasteiger charge is 2.22. The fourth-order valence-electron chi connectivity index (χ4n) is 3.21. The Morgan fingerprint density at radius 1 is 1.08 bits per heavy atom. The second-order valence-electron chi connectivity index (χ2n) is 6.45. The molecule has 0 atom stereocenters. The van der Waals surface area contributed by atoms with Crippen LogP contribution in [0.3, 0.4) is 0 Å². The Hall–Kier alpha value is -2.66. The smallest absolute Gasteiger partial charge is 0.339 e. The minimum atomic E-state index is -0.311. The molecule has 5 heteroatoms. The third-order valence-corrected chi connectivity index (χ3v) is 4.79. The van der Waals surface area contributed by atoms with Gasteiger partial charge in [0.25, 0.3) is 0 Å². The quantitative estimate of drug-likeness (QED) is 0.664. The summed E-state index contributed by atoms with van der Waals surface area (Å²) >= 11 is 0. The Labute approximate surface area is 144 Å². The molecule has 0 spiro atoms. The molecule has 0 saturated heterocycles. The second-order valence-corrected chi connectivity index (χ2v) is 6.45. The molecule has 0 unspecified atom stereocenters. The van der Waals surface area contributed by atoms with E-state index in [1.165, 1.54) is 12.1 Å². The Morgan fingerprint density at radius 2 is 1.84 bits per heavy atom. The fraction of sp³-hybridized carbons (Fsp3) is 0.250. The molecule has 25 heavy (non-hydrogen) atoms. The average molecular weight is 339 g/mol. The number of nitrogens with zero attached hydrogens (tertiary/aromatic N) is 1. The zero-order valence-corrected chi connectivity index (χ0v) is 14.1. The highest BCUT2D eigenvalue weighted by atomic mass is 19.1. The van der Waals surface area contributed by atoms with Gasteiger partial charge in [0.1, 0.15) is 23.9 Å². The van der Waals surface area contributed by atoms with Crippen molar-refractivity contribution in [2.24, 2.45) is 0 Å². The molecule has 0 N–H and O–H groups in total. The summed E-state index contributed by atoms with van der Waals surface area (Å²) in [5, 5.41) is 0.933. The monoisotopic (exact) mass is 339 g/mol. The number of aryl methyl sites for hydroxylation is 1. The van der Waals surface area contributed by atoms with Crippen LogP contribution < -0.4 is 10.4 Å². The summed E-state index contributed by atoms with van der Waals surface area (Å²) in [5.41, 5.74) is 3.73. The molecule has 1 aliphatic rings. The van der Waals surface area contributed by atoms with Crippen LogP contribution in [-0.2, 0) is 13.1 Å². The fourth-order valence-corrected chi connectivity index (χ4v) is 3.21. The van der Waals surface area contributed by atoms with E-state index in [9.17, 15) is 9.18 Å². The number of rotatable bonds is 2. The van der Waals surface area contributed by atoms with Crippen molar-refractivity contribution in [3.63, 3.8) is 0 Å². The molecular formula is C20H18FNO3. The SMILES string of the molecule is Cc1c(C)c2ccc3c(c2oc1=O)CN(Cc1ccc(F)cc1)CO3. The van der Waals surface area contributed by atoms with E-state index in [4.69, 9.17) is 9.15 Å². The number of fused-ring (bicyclic) bond motifs is 3. The highest BCUT2D eigenvalue weighted by molar-refractivity contribution is 5.85. The maximum Gasteiger partial charge on any atom is 0.339 e. The van der Waals surface area contributed by atoms with Crippen molar-refractivity contribution in [1.82, 2.24) is 4.90 Å². The molecule has 0 fully saturated rings. The van der Waals surface area contributed by atoms with Gasteiger partial charge in [0.2, 0.25) is 0 Å². The molecular weight excluding hydrogens is 321 g/mol. The first-order valence-corrected chi connectivity index (χ1v) is 8.18. The van der Waals surface area contributed by atoms with Crippen LogP contribution in [-0.4, -0.2) is 11.6 Å². The predicted octanol–water partition coefficient (Wildman–Crippen LogP) is 3.90. The zero-order valence-electron chi connectivity index (χ0n) is 14.1. The molecule has 2 heterocycles. The van der Waals surface area contributed by atoms with Crippen LogP contribution in [0, 0.1) is 19.7 Å². The predicted molar refractivity (Wildman–Crippen MR) is 93.1 cm³/mol. The lowest BCUT2D eigenvalue weighted by Gasteiger charge is -2.29. The van der Waals surface area contributed by atoms with E-state index < -0.39 is 0 Å². The number of ether oxygens (including phenoxy) is 1. The summed E-state index contributed by atoms with van der Waals surface area (Å²) in [7, 11) is 0. The third-order valence-electron chi connectivity index (χ3n) is 4.79. The van der Waals surface area contributed by atoms with E-state index >= 15 is 0 Å². The van der Waals surface area contributed by atoms with Crippen molar-refractivity contribution in [2.45, 2.75) is 26.9 Å². The number of hydrogen-bond donors (Lipinski definition) is 0. The van der Waals surface area contributed by atoms with E-state index in [1.807, 2.05) is 19.1 Å². The minimum Gasteiger partial charge on any atom is -0.478 e. The molecule has 1 aliphatic heterocycles. The van der Waals surface area contributed by atoms with Crippen molar-refractivity contribution in [3.8, 4) is 5.75 Å². The molecule has 0 radical (unpaired) electrons. The zero-order chi connectivity index (χ0) is 17.6. The lowest BCUT2D eigenvalue weighted by molar-refractivity contribution is 0.0889. The van der Waals surface area contributed by atoms with Gasteiger partial charge in [-0.2, -0.15) is 0 Å². The van der Waals surface area contributed by atoms with Crippen molar-refractivity contribution >= 4 is 11.0 Å². The molecule has 3 aromatic rings. The van der Waals surface area contributed by atoms with E-state index in [0.29, 0.717) is 31.0 Å². The van der Waals surface area contributed by atoms with Gasteiger partial charge in [-0.15, -0.1) is 0 Å². The van der Waals surface area contributed by atoms with Gasteiger partial charge < -0.3 is 9.15 Å². The molecule has 1 aromatic heterocycles. The van der Waals surface area contributed by atoms with Gasteiger partial charge in [-0.1, -0.05) is 12.1 Å². The highest BCUT2D eigenvalue weighted by Crippen LogP contribution is 2.33.